The second-order valence-electron chi connectivity index (χ2n) is 6.84. The molecule has 0 spiro atoms. The summed E-state index contributed by atoms with van der Waals surface area (Å²) in [6.07, 6.45) is 5.95. The molecule has 1 saturated carbocycles. The van der Waals surface area contributed by atoms with Gasteiger partial charge in [-0.1, -0.05) is 26.8 Å². The fourth-order valence-corrected chi connectivity index (χ4v) is 4.16. The van der Waals surface area contributed by atoms with Crippen LogP contribution < -0.4 is 5.32 Å². The van der Waals surface area contributed by atoms with Crippen LogP contribution in [0.25, 0.3) is 0 Å². The minimum Gasteiger partial charge on any atom is -0.376 e. The largest absolute Gasteiger partial charge is 0.376 e. The van der Waals surface area contributed by atoms with Crippen molar-refractivity contribution in [3.8, 4) is 0 Å². The molecule has 0 aromatic carbocycles. The van der Waals surface area contributed by atoms with E-state index in [4.69, 9.17) is 4.74 Å². The molecule has 1 N–H and O–H groups in total. The quantitative estimate of drug-likeness (QED) is 0.816. The Morgan fingerprint density at radius 3 is 2.50 bits per heavy atom. The highest BCUT2D eigenvalue weighted by Gasteiger charge is 2.45. The first kappa shape index (κ1) is 16.0. The van der Waals surface area contributed by atoms with E-state index in [-0.39, 0.29) is 5.60 Å². The number of hydrogen-bond donors (Lipinski definition) is 1. The third kappa shape index (κ3) is 3.44. The van der Waals surface area contributed by atoms with Crippen molar-refractivity contribution in [2.45, 2.75) is 64.5 Å². The predicted molar refractivity (Wildman–Crippen MR) is 87.3 cm³/mol. The van der Waals surface area contributed by atoms with Crippen LogP contribution in [-0.4, -0.2) is 19.3 Å². The van der Waals surface area contributed by atoms with E-state index in [0.717, 1.165) is 25.8 Å². The van der Waals surface area contributed by atoms with Gasteiger partial charge in [0.1, 0.15) is 0 Å². The van der Waals surface area contributed by atoms with Gasteiger partial charge in [-0.25, -0.2) is 0 Å². The van der Waals surface area contributed by atoms with Crippen LogP contribution >= 0.6 is 11.3 Å². The Kier molecular flexibility index (Phi) is 5.27. The molecule has 3 heteroatoms. The minimum atomic E-state index is -0.0322. The molecule has 0 amide bonds. The molecule has 0 bridgehead atoms. The lowest BCUT2D eigenvalue weighted by Gasteiger charge is -2.47. The van der Waals surface area contributed by atoms with Crippen molar-refractivity contribution in [2.24, 2.45) is 5.41 Å². The average Bonchev–Trinajstić information content (AvgIpc) is 2.95. The van der Waals surface area contributed by atoms with Crippen molar-refractivity contribution in [1.29, 1.82) is 0 Å². The molecule has 2 nitrogen and oxygen atoms in total. The van der Waals surface area contributed by atoms with Gasteiger partial charge in [-0.2, -0.15) is 0 Å². The van der Waals surface area contributed by atoms with Crippen LogP contribution in [0.15, 0.2) is 17.5 Å². The van der Waals surface area contributed by atoms with E-state index in [2.05, 4.69) is 43.6 Å². The maximum atomic E-state index is 6.10. The molecule has 114 valence electrons. The van der Waals surface area contributed by atoms with E-state index < -0.39 is 0 Å². The van der Waals surface area contributed by atoms with Crippen molar-refractivity contribution >= 4 is 11.3 Å². The number of thiophene rings is 1. The maximum Gasteiger partial charge on any atom is 0.0880 e. The van der Waals surface area contributed by atoms with Crippen molar-refractivity contribution < 1.29 is 4.74 Å². The van der Waals surface area contributed by atoms with Gasteiger partial charge in [-0.15, -0.1) is 11.3 Å². The third-order valence-corrected chi connectivity index (χ3v) is 5.75. The van der Waals surface area contributed by atoms with Crippen LogP contribution in [0.4, 0.5) is 0 Å². The van der Waals surface area contributed by atoms with Gasteiger partial charge in [0.05, 0.1) is 11.6 Å². The van der Waals surface area contributed by atoms with E-state index in [1.165, 1.54) is 17.7 Å². The zero-order chi connectivity index (χ0) is 14.6. The molecular formula is C17H29NOS. The molecule has 1 unspecified atom stereocenters. The number of ether oxygens (including phenoxy) is 1. The van der Waals surface area contributed by atoms with Gasteiger partial charge in [0.2, 0.25) is 0 Å². The molecule has 1 atom stereocenters. The van der Waals surface area contributed by atoms with Gasteiger partial charge >= 0.3 is 0 Å². The van der Waals surface area contributed by atoms with E-state index >= 15 is 0 Å². The Morgan fingerprint density at radius 2 is 2.00 bits per heavy atom. The minimum absolute atomic E-state index is 0.0322. The fraction of sp³-hybridized carbons (Fsp3) is 0.765. The number of rotatable bonds is 6. The van der Waals surface area contributed by atoms with Gasteiger partial charge in [0.25, 0.3) is 0 Å². The Hall–Kier alpha value is -0.380. The molecule has 1 aromatic rings. The molecule has 1 aliphatic carbocycles. The molecule has 2 rings (SSSR count). The van der Waals surface area contributed by atoms with Gasteiger partial charge in [0.15, 0.2) is 0 Å². The lowest BCUT2D eigenvalue weighted by Crippen LogP contribution is -2.49. The molecule has 1 heterocycles. The fourth-order valence-electron chi connectivity index (χ4n) is 3.25. The van der Waals surface area contributed by atoms with Gasteiger partial charge in [0, 0.05) is 12.0 Å². The van der Waals surface area contributed by atoms with Crippen molar-refractivity contribution in [1.82, 2.24) is 5.32 Å². The van der Waals surface area contributed by atoms with E-state index in [1.807, 2.05) is 18.4 Å². The molecule has 1 fully saturated rings. The first-order valence-corrected chi connectivity index (χ1v) is 8.73. The zero-order valence-electron chi connectivity index (χ0n) is 13.4. The number of hydrogen-bond acceptors (Lipinski definition) is 3. The van der Waals surface area contributed by atoms with Crippen molar-refractivity contribution in [3.63, 3.8) is 0 Å². The summed E-state index contributed by atoms with van der Waals surface area (Å²) >= 11 is 1.85. The summed E-state index contributed by atoms with van der Waals surface area (Å²) in [4.78, 5) is 1.42. The number of nitrogens with one attached hydrogen (secondary N) is 1. The second kappa shape index (κ2) is 6.59. The van der Waals surface area contributed by atoms with Crippen LogP contribution in [0.1, 0.15) is 63.8 Å². The summed E-state index contributed by atoms with van der Waals surface area (Å²) < 4.78 is 6.10. The Balaban J connectivity index is 2.21. The molecular weight excluding hydrogens is 266 g/mol. The SMILES string of the molecule is CCCNC(c1cccs1)C1(OC)CCC(C)(C)CC1. The summed E-state index contributed by atoms with van der Waals surface area (Å²) in [7, 11) is 1.90. The van der Waals surface area contributed by atoms with E-state index in [0.29, 0.717) is 11.5 Å². The molecule has 0 radical (unpaired) electrons. The maximum absolute atomic E-state index is 6.10. The standard InChI is InChI=1S/C17H29NOS/c1-5-12-18-15(14-7-6-13-20-14)17(19-4)10-8-16(2,3)9-11-17/h6-7,13,15,18H,5,8-12H2,1-4H3. The van der Waals surface area contributed by atoms with E-state index in [9.17, 15) is 0 Å². The average molecular weight is 295 g/mol. The highest BCUT2D eigenvalue weighted by Crippen LogP contribution is 2.48. The Labute approximate surface area is 127 Å². The Morgan fingerprint density at radius 1 is 1.30 bits per heavy atom. The lowest BCUT2D eigenvalue weighted by atomic mass is 9.68. The number of methoxy groups -OCH3 is 1. The highest BCUT2D eigenvalue weighted by atomic mass is 32.1. The van der Waals surface area contributed by atoms with Crippen molar-refractivity contribution in [3.05, 3.63) is 22.4 Å². The summed E-state index contributed by atoms with van der Waals surface area (Å²) in [5.74, 6) is 0. The normalized spacial score (nSPS) is 22.6. The van der Waals surface area contributed by atoms with Gasteiger partial charge < -0.3 is 10.1 Å². The molecule has 0 aliphatic heterocycles. The highest BCUT2D eigenvalue weighted by molar-refractivity contribution is 7.10. The first-order chi connectivity index (χ1) is 9.53. The molecule has 1 aromatic heterocycles. The van der Waals surface area contributed by atoms with Crippen LogP contribution in [0.2, 0.25) is 0 Å². The van der Waals surface area contributed by atoms with E-state index in [1.54, 1.807) is 0 Å². The van der Waals surface area contributed by atoms with Crippen LogP contribution in [0, 0.1) is 5.41 Å². The topological polar surface area (TPSA) is 21.3 Å². The predicted octanol–water partition coefficient (Wildman–Crippen LogP) is 4.77. The lowest BCUT2D eigenvalue weighted by molar-refractivity contribution is -0.0868. The van der Waals surface area contributed by atoms with Gasteiger partial charge in [-0.3, -0.25) is 0 Å². The monoisotopic (exact) mass is 295 g/mol. The third-order valence-electron chi connectivity index (χ3n) is 4.81. The summed E-state index contributed by atoms with van der Waals surface area (Å²) in [6.45, 7) is 8.04. The molecule has 1 aliphatic rings. The summed E-state index contributed by atoms with van der Waals surface area (Å²) in [6, 6.07) is 4.73. The zero-order valence-corrected chi connectivity index (χ0v) is 14.2. The first-order valence-electron chi connectivity index (χ1n) is 7.85. The van der Waals surface area contributed by atoms with Crippen LogP contribution in [0.5, 0.6) is 0 Å². The van der Waals surface area contributed by atoms with Crippen LogP contribution in [-0.2, 0) is 4.74 Å². The van der Waals surface area contributed by atoms with Crippen LogP contribution in [0.3, 0.4) is 0 Å². The van der Waals surface area contributed by atoms with Gasteiger partial charge in [-0.05, 0) is 55.5 Å². The molecule has 20 heavy (non-hydrogen) atoms. The van der Waals surface area contributed by atoms with Crippen molar-refractivity contribution in [2.75, 3.05) is 13.7 Å². The summed E-state index contributed by atoms with van der Waals surface area (Å²) in [5, 5.41) is 5.92. The smallest absolute Gasteiger partial charge is 0.0880 e. The molecule has 0 saturated heterocycles. The second-order valence-corrected chi connectivity index (χ2v) is 7.81. The summed E-state index contributed by atoms with van der Waals surface area (Å²) in [5.41, 5.74) is 0.433. The Bertz CT molecular complexity index is 389.